The van der Waals surface area contributed by atoms with E-state index >= 15 is 0 Å². The molecule has 129 heavy (non-hydrogen) atoms. The van der Waals surface area contributed by atoms with Crippen molar-refractivity contribution in [1.29, 1.82) is 0 Å². The van der Waals surface area contributed by atoms with E-state index in [2.05, 4.69) is 274 Å². The summed E-state index contributed by atoms with van der Waals surface area (Å²) in [5.41, 5.74) is 32.5. The predicted molar refractivity (Wildman–Crippen MR) is 535 cm³/mol. The summed E-state index contributed by atoms with van der Waals surface area (Å²) in [4.78, 5) is 29.4. The number of hydrogen-bond acceptors (Lipinski definition) is 10. The average molecular weight is 1780 g/mol. The third kappa shape index (κ3) is 19.9. The molecule has 1 radical (unpaired) electrons. The second-order valence-corrected chi connectivity index (χ2v) is 34.0. The van der Waals surface area contributed by atoms with Crippen molar-refractivity contribution < 1.29 is 19.7 Å². The van der Waals surface area contributed by atoms with Crippen LogP contribution >= 0.6 is 39.1 Å². The summed E-state index contributed by atoms with van der Waals surface area (Å²) in [5.74, 6) is 2.87. The van der Waals surface area contributed by atoms with Crippen LogP contribution in [0.4, 0.5) is 0 Å². The number of nitrogens with zero attached hydrogens (tertiary/aromatic N) is 6. The molecule has 10 nitrogen and oxygen atoms in total. The lowest BCUT2D eigenvalue weighted by Gasteiger charge is -2.21. The topological polar surface area (TPSA) is 147 Å². The highest BCUT2D eigenvalue weighted by Crippen LogP contribution is 2.54. The van der Waals surface area contributed by atoms with Crippen molar-refractivity contribution in [2.24, 2.45) is 0 Å². The summed E-state index contributed by atoms with van der Waals surface area (Å²) in [5, 5.41) is 27.4. The normalized spacial score (nSPS) is 11.9. The number of hydrogen-bond donors (Lipinski definition) is 3. The van der Waals surface area contributed by atoms with Crippen molar-refractivity contribution in [1.82, 2.24) is 29.9 Å². The number of benzene rings is 16. The number of aromatic nitrogens is 6. The van der Waals surface area contributed by atoms with Gasteiger partial charge in [0.1, 0.15) is 5.75 Å². The molecule has 0 aliphatic heterocycles. The Bertz CT molecular complexity index is 6990. The Morgan fingerprint density at radius 2 is 0.550 bits per heavy atom. The van der Waals surface area contributed by atoms with Gasteiger partial charge in [-0.05, 0) is 157 Å². The van der Waals surface area contributed by atoms with Gasteiger partial charge < -0.3 is 19.7 Å². The van der Waals surface area contributed by atoms with Gasteiger partial charge in [-0.15, -0.1) is 0 Å². The van der Waals surface area contributed by atoms with Crippen LogP contribution < -0.4 is 10.1 Å². The Balaban J connectivity index is 0.000000122. The average Bonchev–Trinajstić information content (AvgIpc) is 1.57. The molecule has 15 heteroatoms. The SMILES string of the molecule is Brc1cccc(-c2cc(-c3ccccc3)nc(-c3ccccc3)n2)c1.CC1(C)c2ccccc2-c2c(-c3cccc(-c4cccc(-c5cc(-c6ccccc6)nc(-c6ccccc6)n5)c4)c3)cccc21.CC1(C)c2ccccc2-c2c(O[B]O)cccc21.Clc1cccc(-c2cccc(-c3cc(-c4ccccc4)nc(-c4ccccc4)n3)c2)c1.OB(O)c1cccc(Cl)c1. The Morgan fingerprint density at radius 3 is 0.946 bits per heavy atom. The molecule has 623 valence electrons. The van der Waals surface area contributed by atoms with Gasteiger partial charge >= 0.3 is 14.8 Å². The Kier molecular flexibility index (Phi) is 26.7. The molecular formula is C114H86B2BrCl2N6O4. The molecule has 3 heterocycles. The number of fused-ring (bicyclic) bond motifs is 6. The van der Waals surface area contributed by atoms with Gasteiger partial charge in [0.25, 0.3) is 0 Å². The van der Waals surface area contributed by atoms with E-state index in [0.717, 1.165) is 135 Å². The van der Waals surface area contributed by atoms with Gasteiger partial charge in [-0.2, -0.15) is 0 Å². The molecule has 3 N–H and O–H groups in total. The van der Waals surface area contributed by atoms with Gasteiger partial charge in [0.05, 0.1) is 34.2 Å². The molecule has 0 spiro atoms. The van der Waals surface area contributed by atoms with Crippen molar-refractivity contribution in [3.05, 3.63) is 467 Å². The third-order valence-corrected chi connectivity index (χ3v) is 24.1. The van der Waals surface area contributed by atoms with Crippen molar-refractivity contribution in [3.8, 4) is 163 Å². The van der Waals surface area contributed by atoms with E-state index in [1.807, 2.05) is 176 Å². The van der Waals surface area contributed by atoms with Crippen LogP contribution in [0.25, 0.3) is 157 Å². The van der Waals surface area contributed by atoms with Crippen LogP contribution in [0.3, 0.4) is 0 Å². The molecule has 0 unspecified atom stereocenters. The van der Waals surface area contributed by atoms with Crippen LogP contribution in [-0.4, -0.2) is 59.8 Å². The van der Waals surface area contributed by atoms with E-state index < -0.39 is 7.12 Å². The van der Waals surface area contributed by atoms with E-state index in [9.17, 15) is 0 Å². The maximum absolute atomic E-state index is 8.88. The molecule has 0 fully saturated rings. The van der Waals surface area contributed by atoms with Crippen LogP contribution in [0, 0.1) is 0 Å². The molecule has 2 aliphatic carbocycles. The lowest BCUT2D eigenvalue weighted by Crippen LogP contribution is -2.29. The highest BCUT2D eigenvalue weighted by Gasteiger charge is 2.38. The Labute approximate surface area is 772 Å². The highest BCUT2D eigenvalue weighted by molar-refractivity contribution is 9.10. The van der Waals surface area contributed by atoms with Crippen molar-refractivity contribution >= 4 is 59.4 Å². The minimum absolute atomic E-state index is 0.0252. The minimum atomic E-state index is -1.43. The molecule has 0 amide bonds. The number of rotatable bonds is 15. The molecule has 0 atom stereocenters. The molecule has 3 aromatic heterocycles. The summed E-state index contributed by atoms with van der Waals surface area (Å²) >= 11 is 15.3. The fraction of sp³-hybridized carbons (Fsp3) is 0.0526. The summed E-state index contributed by atoms with van der Waals surface area (Å²) < 4.78 is 6.26. The molecule has 0 saturated carbocycles. The van der Waals surface area contributed by atoms with Gasteiger partial charge in [-0.1, -0.05) is 419 Å². The second-order valence-electron chi connectivity index (χ2n) is 32.2. The van der Waals surface area contributed by atoms with Gasteiger partial charge in [0.2, 0.25) is 0 Å². The van der Waals surface area contributed by atoms with Crippen molar-refractivity contribution in [3.63, 3.8) is 0 Å². The van der Waals surface area contributed by atoms with Crippen molar-refractivity contribution in [2.75, 3.05) is 0 Å². The van der Waals surface area contributed by atoms with Crippen LogP contribution in [0.5, 0.6) is 5.75 Å². The van der Waals surface area contributed by atoms with Crippen LogP contribution in [0.2, 0.25) is 10.0 Å². The quantitative estimate of drug-likeness (QED) is 0.0848. The summed E-state index contributed by atoms with van der Waals surface area (Å²) in [6, 6.07) is 146. The minimum Gasteiger partial charge on any atom is -0.537 e. The van der Waals surface area contributed by atoms with Crippen LogP contribution in [0.1, 0.15) is 49.9 Å². The first kappa shape index (κ1) is 86.7. The van der Waals surface area contributed by atoms with Gasteiger partial charge in [0.15, 0.2) is 17.5 Å². The summed E-state index contributed by atoms with van der Waals surface area (Å²) in [7, 11) is -0.692. The molecule has 19 aromatic rings. The Hall–Kier alpha value is -14.4. The largest absolute Gasteiger partial charge is 0.569 e. The molecule has 16 aromatic carbocycles. The van der Waals surface area contributed by atoms with Crippen LogP contribution in [-0.2, 0) is 10.8 Å². The zero-order valence-corrected chi connectivity index (χ0v) is 74.3. The van der Waals surface area contributed by atoms with E-state index in [-0.39, 0.29) is 10.8 Å². The predicted octanol–water partition coefficient (Wildman–Crippen LogP) is 28.1. The summed E-state index contributed by atoms with van der Waals surface area (Å²) in [6.45, 7) is 9.10. The highest BCUT2D eigenvalue weighted by atomic mass is 79.9. The Morgan fingerprint density at radius 1 is 0.264 bits per heavy atom. The molecule has 0 saturated heterocycles. The molecule has 21 rings (SSSR count). The maximum atomic E-state index is 8.88. The monoisotopic (exact) mass is 1770 g/mol. The van der Waals surface area contributed by atoms with E-state index in [1.165, 1.54) is 61.7 Å². The van der Waals surface area contributed by atoms with Gasteiger partial charge in [0, 0.05) is 81.0 Å². The summed E-state index contributed by atoms with van der Waals surface area (Å²) in [6.07, 6.45) is 0. The lowest BCUT2D eigenvalue weighted by atomic mass is 9.81. The first-order valence-corrected chi connectivity index (χ1v) is 44.1. The third-order valence-electron chi connectivity index (χ3n) is 23.1. The molecule has 2 aliphatic rings. The van der Waals surface area contributed by atoms with E-state index in [4.69, 9.17) is 72.8 Å². The zero-order chi connectivity index (χ0) is 88.8. The molecular weight excluding hydrogens is 1690 g/mol. The van der Waals surface area contributed by atoms with E-state index in [1.54, 1.807) is 18.2 Å². The number of halogens is 3. The van der Waals surface area contributed by atoms with Gasteiger partial charge in [-0.3, -0.25) is 0 Å². The maximum Gasteiger partial charge on any atom is 0.569 e. The van der Waals surface area contributed by atoms with Crippen LogP contribution in [0.15, 0.2) is 435 Å². The first-order chi connectivity index (χ1) is 63.0. The second kappa shape index (κ2) is 39.7. The zero-order valence-electron chi connectivity index (χ0n) is 71.2. The smallest absolute Gasteiger partial charge is 0.537 e. The van der Waals surface area contributed by atoms with E-state index in [0.29, 0.717) is 22.1 Å². The first-order valence-electron chi connectivity index (χ1n) is 42.5. The van der Waals surface area contributed by atoms with Gasteiger partial charge in [-0.25, -0.2) is 29.9 Å². The van der Waals surface area contributed by atoms with Crippen molar-refractivity contribution in [2.45, 2.75) is 38.5 Å². The standard InChI is InChI=1S/C43H32N2.C28H19ClN2.C22H15BrN2.C15H14BO2.C6H6BClO2/c1-43(2)37-24-10-9-22-36(37)41-35(23-13-25-38(41)43)33-20-11-18-31(26-33)32-19-12-21-34(27-32)40-28-39(29-14-5-3-6-15-29)44-42(45-40)30-16-7-4-8-17-30;29-25-16-8-14-23(18-25)22-13-7-15-24(17-22)27-19-26(20-9-3-1-4-10-20)30-28(31-27)21-11-5-2-6-12-21;23-19-13-7-12-18(14-19)21-15-20(16-8-3-1-4-9-16)24-22(25-21)17-10-5-2-6-11-17;1-15(2)11-7-4-3-6-10(11)14-12(15)8-5-9-13(14)18-16-17;8-6-3-1-2-5(4-6)7(9)10/h3-28H,1-2H3;1-19H;1-15H;3-9,17H,1-2H3;1-4,9-10H. The fourth-order valence-corrected chi connectivity index (χ4v) is 17.4. The fourth-order valence-electron chi connectivity index (χ4n) is 16.6. The lowest BCUT2D eigenvalue weighted by molar-refractivity contribution is 0.425. The molecule has 0 bridgehead atoms.